The predicted octanol–water partition coefficient (Wildman–Crippen LogP) is 5.30. The lowest BCUT2D eigenvalue weighted by Crippen LogP contribution is -2.23. The molecular formula is C24H22N2O2. The summed E-state index contributed by atoms with van der Waals surface area (Å²) in [4.78, 5) is 26.1. The van der Waals surface area contributed by atoms with Gasteiger partial charge in [0.25, 0.3) is 0 Å². The van der Waals surface area contributed by atoms with Crippen LogP contribution >= 0.6 is 0 Å². The molecule has 28 heavy (non-hydrogen) atoms. The van der Waals surface area contributed by atoms with E-state index in [0.29, 0.717) is 34.0 Å². The molecule has 3 N–H and O–H groups in total. The molecule has 0 saturated heterocycles. The van der Waals surface area contributed by atoms with Gasteiger partial charge < -0.3 is 11.1 Å². The lowest BCUT2D eigenvalue weighted by atomic mass is 9.82. The Morgan fingerprint density at radius 3 is 2.07 bits per heavy atom. The molecule has 4 rings (SSSR count). The Balaban J connectivity index is 1.76. The van der Waals surface area contributed by atoms with Crippen LogP contribution < -0.4 is 11.1 Å². The number of nitrogens with two attached hydrogens (primary N) is 1. The SMILES string of the molecule is CCC(C)c1ccc(Nc2ccc(N)c3c2C(=O)c2ccccc2C3=O)cc1. The van der Waals surface area contributed by atoms with Crippen molar-refractivity contribution in [1.82, 2.24) is 0 Å². The van der Waals surface area contributed by atoms with E-state index in [0.717, 1.165) is 12.1 Å². The smallest absolute Gasteiger partial charge is 0.196 e. The van der Waals surface area contributed by atoms with Crippen molar-refractivity contribution in [2.75, 3.05) is 11.1 Å². The van der Waals surface area contributed by atoms with Gasteiger partial charge in [-0.1, -0.05) is 50.2 Å². The number of benzene rings is 3. The minimum Gasteiger partial charge on any atom is -0.398 e. The molecule has 140 valence electrons. The molecular weight excluding hydrogens is 348 g/mol. The first-order valence-electron chi connectivity index (χ1n) is 9.49. The lowest BCUT2D eigenvalue weighted by molar-refractivity contribution is 0.0980. The van der Waals surface area contributed by atoms with E-state index in [2.05, 4.69) is 31.3 Å². The molecule has 0 fully saturated rings. The summed E-state index contributed by atoms with van der Waals surface area (Å²) in [5, 5.41) is 3.30. The van der Waals surface area contributed by atoms with E-state index in [4.69, 9.17) is 5.73 Å². The molecule has 3 aromatic carbocycles. The van der Waals surface area contributed by atoms with Gasteiger partial charge in [0.15, 0.2) is 11.6 Å². The van der Waals surface area contributed by atoms with Gasteiger partial charge in [0.2, 0.25) is 0 Å². The minimum absolute atomic E-state index is 0.184. The first kappa shape index (κ1) is 18.0. The van der Waals surface area contributed by atoms with Crippen LogP contribution in [-0.2, 0) is 0 Å². The molecule has 0 spiro atoms. The summed E-state index contributed by atoms with van der Waals surface area (Å²) in [6.07, 6.45) is 1.08. The standard InChI is InChI=1S/C24H22N2O2/c1-3-14(2)15-8-10-16(11-9-15)26-20-13-12-19(25)21-22(20)24(28)18-7-5-4-6-17(18)23(21)27/h4-14,26H,3,25H2,1-2H3. The number of nitrogen functional groups attached to an aromatic ring is 1. The van der Waals surface area contributed by atoms with Crippen molar-refractivity contribution >= 4 is 28.6 Å². The molecule has 4 heteroatoms. The van der Waals surface area contributed by atoms with E-state index >= 15 is 0 Å². The molecule has 1 atom stereocenters. The summed E-state index contributed by atoms with van der Waals surface area (Å²) >= 11 is 0. The summed E-state index contributed by atoms with van der Waals surface area (Å²) in [6.45, 7) is 4.36. The number of anilines is 3. The summed E-state index contributed by atoms with van der Waals surface area (Å²) in [5.74, 6) is 0.101. The van der Waals surface area contributed by atoms with E-state index < -0.39 is 0 Å². The molecule has 1 aliphatic carbocycles. The van der Waals surface area contributed by atoms with Crippen molar-refractivity contribution in [3.8, 4) is 0 Å². The number of ketones is 2. The Morgan fingerprint density at radius 2 is 1.46 bits per heavy atom. The van der Waals surface area contributed by atoms with Gasteiger partial charge in [-0.3, -0.25) is 9.59 Å². The second-order valence-corrected chi connectivity index (χ2v) is 7.21. The monoisotopic (exact) mass is 370 g/mol. The zero-order chi connectivity index (χ0) is 19.8. The molecule has 0 bridgehead atoms. The number of rotatable bonds is 4. The third kappa shape index (κ3) is 2.87. The molecule has 0 aromatic heterocycles. The van der Waals surface area contributed by atoms with Crippen molar-refractivity contribution in [1.29, 1.82) is 0 Å². The first-order chi connectivity index (χ1) is 13.5. The Hall–Kier alpha value is -3.40. The van der Waals surface area contributed by atoms with Gasteiger partial charge in [0, 0.05) is 22.5 Å². The minimum atomic E-state index is -0.210. The fourth-order valence-electron chi connectivity index (χ4n) is 3.64. The fraction of sp³-hybridized carbons (Fsp3) is 0.167. The molecule has 0 heterocycles. The van der Waals surface area contributed by atoms with Gasteiger partial charge in [-0.25, -0.2) is 0 Å². The van der Waals surface area contributed by atoms with E-state index in [9.17, 15) is 9.59 Å². The number of carbonyl (C=O) groups is 2. The average molecular weight is 370 g/mol. The number of carbonyl (C=O) groups excluding carboxylic acids is 2. The second kappa shape index (κ2) is 6.97. The first-order valence-corrected chi connectivity index (χ1v) is 9.49. The highest BCUT2D eigenvalue weighted by molar-refractivity contribution is 6.31. The molecule has 0 saturated carbocycles. The molecule has 4 nitrogen and oxygen atoms in total. The number of hydrogen-bond acceptors (Lipinski definition) is 4. The van der Waals surface area contributed by atoms with Crippen molar-refractivity contribution < 1.29 is 9.59 Å². The molecule has 3 aromatic rings. The van der Waals surface area contributed by atoms with E-state index in [-0.39, 0.29) is 17.1 Å². The van der Waals surface area contributed by atoms with Gasteiger partial charge in [-0.15, -0.1) is 0 Å². The predicted molar refractivity (Wildman–Crippen MR) is 113 cm³/mol. The summed E-state index contributed by atoms with van der Waals surface area (Å²) in [5.41, 5.74) is 10.6. The van der Waals surface area contributed by atoms with Crippen LogP contribution in [0.25, 0.3) is 0 Å². The quantitative estimate of drug-likeness (QED) is 0.478. The van der Waals surface area contributed by atoms with Crippen LogP contribution in [-0.4, -0.2) is 11.6 Å². The van der Waals surface area contributed by atoms with Crippen molar-refractivity contribution in [2.45, 2.75) is 26.2 Å². The number of fused-ring (bicyclic) bond motifs is 2. The van der Waals surface area contributed by atoms with Crippen LogP contribution in [0.4, 0.5) is 17.1 Å². The number of nitrogens with one attached hydrogen (secondary N) is 1. The maximum Gasteiger partial charge on any atom is 0.196 e. The fourth-order valence-corrected chi connectivity index (χ4v) is 3.64. The van der Waals surface area contributed by atoms with Crippen LogP contribution in [0.15, 0.2) is 60.7 Å². The Labute approximate surface area is 164 Å². The normalized spacial score (nSPS) is 13.6. The molecule has 0 amide bonds. The Morgan fingerprint density at radius 1 is 0.857 bits per heavy atom. The maximum atomic E-state index is 13.2. The largest absolute Gasteiger partial charge is 0.398 e. The van der Waals surface area contributed by atoms with Crippen molar-refractivity contribution in [3.05, 3.63) is 88.5 Å². The summed E-state index contributed by atoms with van der Waals surface area (Å²) < 4.78 is 0. The third-order valence-electron chi connectivity index (χ3n) is 5.48. The van der Waals surface area contributed by atoms with E-state index in [1.807, 2.05) is 12.1 Å². The summed E-state index contributed by atoms with van der Waals surface area (Å²) in [7, 11) is 0. The summed E-state index contributed by atoms with van der Waals surface area (Å²) in [6, 6.07) is 18.5. The van der Waals surface area contributed by atoms with Gasteiger partial charge in [0.1, 0.15) is 0 Å². The highest BCUT2D eigenvalue weighted by Crippen LogP contribution is 2.36. The van der Waals surface area contributed by atoms with Crippen LogP contribution in [0.5, 0.6) is 0 Å². The molecule has 1 unspecified atom stereocenters. The zero-order valence-corrected chi connectivity index (χ0v) is 16.0. The molecule has 1 aliphatic rings. The van der Waals surface area contributed by atoms with Crippen molar-refractivity contribution in [2.24, 2.45) is 0 Å². The highest BCUT2D eigenvalue weighted by Gasteiger charge is 2.33. The van der Waals surface area contributed by atoms with Crippen LogP contribution in [0.2, 0.25) is 0 Å². The average Bonchev–Trinajstić information content (AvgIpc) is 2.73. The Bertz CT molecular complexity index is 1080. The van der Waals surface area contributed by atoms with Gasteiger partial charge in [-0.2, -0.15) is 0 Å². The van der Waals surface area contributed by atoms with Crippen LogP contribution in [0, 0.1) is 0 Å². The molecule has 0 aliphatic heterocycles. The maximum absolute atomic E-state index is 13.2. The van der Waals surface area contributed by atoms with Gasteiger partial charge in [0.05, 0.1) is 16.8 Å². The number of hydrogen-bond donors (Lipinski definition) is 2. The second-order valence-electron chi connectivity index (χ2n) is 7.21. The van der Waals surface area contributed by atoms with Crippen molar-refractivity contribution in [3.63, 3.8) is 0 Å². The van der Waals surface area contributed by atoms with Crippen LogP contribution in [0.1, 0.15) is 63.6 Å². The molecule has 0 radical (unpaired) electrons. The topological polar surface area (TPSA) is 72.2 Å². The van der Waals surface area contributed by atoms with Gasteiger partial charge in [-0.05, 0) is 42.2 Å². The lowest BCUT2D eigenvalue weighted by Gasteiger charge is -2.22. The van der Waals surface area contributed by atoms with E-state index in [1.54, 1.807) is 36.4 Å². The third-order valence-corrected chi connectivity index (χ3v) is 5.48. The Kier molecular flexibility index (Phi) is 4.47. The van der Waals surface area contributed by atoms with E-state index in [1.165, 1.54) is 5.56 Å². The highest BCUT2D eigenvalue weighted by atomic mass is 16.1. The van der Waals surface area contributed by atoms with Crippen LogP contribution in [0.3, 0.4) is 0 Å². The van der Waals surface area contributed by atoms with Gasteiger partial charge >= 0.3 is 0 Å². The zero-order valence-electron chi connectivity index (χ0n) is 16.0.